The molecule has 5 rings (SSSR count). The number of hydrogen-bond acceptors (Lipinski definition) is 4. The van der Waals surface area contributed by atoms with Crippen LogP contribution in [0.15, 0.2) is 72.8 Å². The fourth-order valence-corrected chi connectivity index (χ4v) is 4.55. The first-order valence-electron chi connectivity index (χ1n) is 11.9. The second-order valence-corrected chi connectivity index (χ2v) is 9.68. The number of nitrogens with zero attached hydrogens (tertiary/aromatic N) is 1. The summed E-state index contributed by atoms with van der Waals surface area (Å²) < 4.78 is 5.74. The second-order valence-electron chi connectivity index (χ2n) is 9.24. The standard InChI is InChI=1S/C28H26ClN3O4/c1-17-5-2-8-20(13-17)26(33)31-23-10-4-7-19(15-23)25-24(27(34)30-22-11-12-22)32(28(35)36-25)16-18-6-3-9-21(29)14-18/h2-10,13-15,22,24-25H,11-12,16H2,1H3,(H,30,34)(H,31,33)/t24-,25+/m1/s1. The molecule has 1 aliphatic carbocycles. The molecule has 1 saturated carbocycles. The Morgan fingerprint density at radius 2 is 1.81 bits per heavy atom. The lowest BCUT2D eigenvalue weighted by Crippen LogP contribution is -2.46. The molecule has 1 saturated heterocycles. The maximum absolute atomic E-state index is 13.3. The third kappa shape index (κ3) is 5.36. The number of rotatable bonds is 7. The highest BCUT2D eigenvalue weighted by atomic mass is 35.5. The highest BCUT2D eigenvalue weighted by Crippen LogP contribution is 2.36. The van der Waals surface area contributed by atoms with Crippen molar-refractivity contribution in [2.24, 2.45) is 0 Å². The molecule has 2 fully saturated rings. The van der Waals surface area contributed by atoms with Gasteiger partial charge in [-0.05, 0) is 67.3 Å². The van der Waals surface area contributed by atoms with Gasteiger partial charge in [-0.1, -0.05) is 53.6 Å². The molecule has 3 aromatic carbocycles. The Balaban J connectivity index is 1.41. The smallest absolute Gasteiger partial charge is 0.411 e. The van der Waals surface area contributed by atoms with E-state index in [1.807, 2.05) is 31.2 Å². The number of amides is 3. The summed E-state index contributed by atoms with van der Waals surface area (Å²) in [6.45, 7) is 2.11. The van der Waals surface area contributed by atoms with Gasteiger partial charge in [0.2, 0.25) is 5.91 Å². The summed E-state index contributed by atoms with van der Waals surface area (Å²) in [6, 6.07) is 20.8. The van der Waals surface area contributed by atoms with Crippen LogP contribution >= 0.6 is 11.6 Å². The number of cyclic esters (lactones) is 1. The van der Waals surface area contributed by atoms with Crippen molar-refractivity contribution >= 4 is 35.2 Å². The molecule has 1 heterocycles. The van der Waals surface area contributed by atoms with Gasteiger partial charge in [0, 0.05) is 22.3 Å². The van der Waals surface area contributed by atoms with Gasteiger partial charge in [0.1, 0.15) is 0 Å². The first kappa shape index (κ1) is 23.9. The summed E-state index contributed by atoms with van der Waals surface area (Å²) in [6.07, 6.45) is 0.440. The molecule has 0 radical (unpaired) electrons. The van der Waals surface area contributed by atoms with Gasteiger partial charge in [0.15, 0.2) is 12.1 Å². The van der Waals surface area contributed by atoms with Gasteiger partial charge in [-0.15, -0.1) is 0 Å². The van der Waals surface area contributed by atoms with E-state index in [1.165, 1.54) is 4.90 Å². The van der Waals surface area contributed by atoms with Crippen LogP contribution in [-0.4, -0.2) is 34.9 Å². The number of aryl methyl sites for hydroxylation is 1. The van der Waals surface area contributed by atoms with Crippen molar-refractivity contribution in [2.45, 2.75) is 44.5 Å². The van der Waals surface area contributed by atoms with Crippen LogP contribution in [0.4, 0.5) is 10.5 Å². The zero-order valence-electron chi connectivity index (χ0n) is 19.7. The molecular formula is C28H26ClN3O4. The number of carbonyl (C=O) groups excluding carboxylic acids is 3. The Morgan fingerprint density at radius 3 is 2.56 bits per heavy atom. The van der Waals surface area contributed by atoms with Crippen molar-refractivity contribution in [2.75, 3.05) is 5.32 Å². The Kier molecular flexibility index (Phi) is 6.65. The van der Waals surface area contributed by atoms with E-state index in [2.05, 4.69) is 10.6 Å². The molecule has 0 bridgehead atoms. The molecule has 36 heavy (non-hydrogen) atoms. The minimum absolute atomic E-state index is 0.127. The van der Waals surface area contributed by atoms with E-state index in [0.717, 1.165) is 24.0 Å². The van der Waals surface area contributed by atoms with Gasteiger partial charge in [-0.2, -0.15) is 0 Å². The number of ether oxygens (including phenoxy) is 1. The molecular weight excluding hydrogens is 478 g/mol. The van der Waals surface area contributed by atoms with Crippen LogP contribution in [0, 0.1) is 6.92 Å². The van der Waals surface area contributed by atoms with E-state index in [1.54, 1.807) is 48.5 Å². The topological polar surface area (TPSA) is 87.7 Å². The molecule has 0 aromatic heterocycles. The summed E-state index contributed by atoms with van der Waals surface area (Å²) in [4.78, 5) is 40.4. The zero-order chi connectivity index (χ0) is 25.2. The van der Waals surface area contributed by atoms with Crippen LogP contribution in [-0.2, 0) is 16.1 Å². The fraction of sp³-hybridized carbons (Fsp3) is 0.250. The molecule has 2 N–H and O–H groups in total. The average Bonchev–Trinajstić information content (AvgIpc) is 3.61. The summed E-state index contributed by atoms with van der Waals surface area (Å²) in [5, 5.41) is 6.45. The summed E-state index contributed by atoms with van der Waals surface area (Å²) in [7, 11) is 0. The molecule has 7 nitrogen and oxygen atoms in total. The minimum atomic E-state index is -0.861. The first-order chi connectivity index (χ1) is 17.4. The van der Waals surface area contributed by atoms with Gasteiger partial charge in [-0.25, -0.2) is 4.79 Å². The Hall–Kier alpha value is -3.84. The molecule has 3 aromatic rings. The van der Waals surface area contributed by atoms with E-state index in [0.29, 0.717) is 21.8 Å². The van der Waals surface area contributed by atoms with Gasteiger partial charge < -0.3 is 15.4 Å². The van der Waals surface area contributed by atoms with Crippen LogP contribution in [0.3, 0.4) is 0 Å². The third-order valence-electron chi connectivity index (χ3n) is 6.27. The predicted octanol–water partition coefficient (Wildman–Crippen LogP) is 5.24. The molecule has 3 amide bonds. The first-order valence-corrected chi connectivity index (χ1v) is 12.3. The maximum atomic E-state index is 13.3. The van der Waals surface area contributed by atoms with E-state index in [4.69, 9.17) is 16.3 Å². The summed E-state index contributed by atoms with van der Waals surface area (Å²) >= 11 is 6.13. The van der Waals surface area contributed by atoms with Crippen molar-refractivity contribution in [3.63, 3.8) is 0 Å². The van der Waals surface area contributed by atoms with Crippen molar-refractivity contribution < 1.29 is 19.1 Å². The number of carbonyl (C=O) groups is 3. The summed E-state index contributed by atoms with van der Waals surface area (Å²) in [5.41, 5.74) is 3.49. The maximum Gasteiger partial charge on any atom is 0.411 e. The van der Waals surface area contributed by atoms with Crippen molar-refractivity contribution in [3.05, 3.63) is 100 Å². The number of anilines is 1. The van der Waals surface area contributed by atoms with Gasteiger partial charge in [-0.3, -0.25) is 14.5 Å². The number of benzene rings is 3. The largest absolute Gasteiger partial charge is 0.438 e. The van der Waals surface area contributed by atoms with Crippen LogP contribution < -0.4 is 10.6 Å². The summed E-state index contributed by atoms with van der Waals surface area (Å²) in [5.74, 6) is -0.505. The normalized spacial score (nSPS) is 19.1. The lowest BCUT2D eigenvalue weighted by Gasteiger charge is -2.24. The molecule has 8 heteroatoms. The molecule has 2 atom stereocenters. The molecule has 2 aliphatic rings. The highest BCUT2D eigenvalue weighted by molar-refractivity contribution is 6.30. The highest BCUT2D eigenvalue weighted by Gasteiger charge is 2.48. The predicted molar refractivity (Wildman–Crippen MR) is 137 cm³/mol. The van der Waals surface area contributed by atoms with E-state index >= 15 is 0 Å². The fourth-order valence-electron chi connectivity index (χ4n) is 4.34. The van der Waals surface area contributed by atoms with E-state index in [9.17, 15) is 14.4 Å². The monoisotopic (exact) mass is 503 g/mol. The quantitative estimate of drug-likeness (QED) is 0.461. The minimum Gasteiger partial charge on any atom is -0.438 e. The number of nitrogens with one attached hydrogen (secondary N) is 2. The molecule has 0 unspecified atom stereocenters. The number of hydrogen-bond donors (Lipinski definition) is 2. The van der Waals surface area contributed by atoms with Crippen molar-refractivity contribution in [3.8, 4) is 0 Å². The van der Waals surface area contributed by atoms with Gasteiger partial charge in [0.25, 0.3) is 5.91 Å². The van der Waals surface area contributed by atoms with Crippen LogP contribution in [0.2, 0.25) is 5.02 Å². The Bertz CT molecular complexity index is 1320. The van der Waals surface area contributed by atoms with Crippen molar-refractivity contribution in [1.82, 2.24) is 10.2 Å². The van der Waals surface area contributed by atoms with Crippen LogP contribution in [0.25, 0.3) is 0 Å². The average molecular weight is 504 g/mol. The molecule has 184 valence electrons. The molecule has 1 aliphatic heterocycles. The zero-order valence-corrected chi connectivity index (χ0v) is 20.5. The van der Waals surface area contributed by atoms with Crippen LogP contribution in [0.5, 0.6) is 0 Å². The van der Waals surface area contributed by atoms with Gasteiger partial charge in [0.05, 0.1) is 6.54 Å². The van der Waals surface area contributed by atoms with Gasteiger partial charge >= 0.3 is 6.09 Å². The van der Waals surface area contributed by atoms with E-state index < -0.39 is 18.2 Å². The Labute approximate surface area is 214 Å². The Morgan fingerprint density at radius 1 is 1.03 bits per heavy atom. The third-order valence-corrected chi connectivity index (χ3v) is 6.51. The van der Waals surface area contributed by atoms with Crippen molar-refractivity contribution in [1.29, 1.82) is 0 Å². The second kappa shape index (κ2) is 10.0. The lowest BCUT2D eigenvalue weighted by molar-refractivity contribution is -0.126. The SMILES string of the molecule is Cc1cccc(C(=O)Nc2cccc([C@@H]3OC(=O)N(Cc4cccc(Cl)c4)[C@H]3C(=O)NC3CC3)c2)c1. The van der Waals surface area contributed by atoms with E-state index in [-0.39, 0.29) is 24.4 Å². The molecule has 0 spiro atoms. The lowest BCUT2D eigenvalue weighted by atomic mass is 10.00. The van der Waals surface area contributed by atoms with Crippen LogP contribution in [0.1, 0.15) is 46.0 Å². The number of halogens is 1.